The summed E-state index contributed by atoms with van der Waals surface area (Å²) >= 11 is 6.02. The molecule has 1 fully saturated rings. The summed E-state index contributed by atoms with van der Waals surface area (Å²) < 4.78 is 0. The Morgan fingerprint density at radius 1 is 1.23 bits per heavy atom. The lowest BCUT2D eigenvalue weighted by Crippen LogP contribution is -2.23. The summed E-state index contributed by atoms with van der Waals surface area (Å²) in [5.74, 6) is 0.583. The van der Waals surface area contributed by atoms with E-state index in [9.17, 15) is 4.79 Å². The summed E-state index contributed by atoms with van der Waals surface area (Å²) in [5.41, 5.74) is 4.35. The summed E-state index contributed by atoms with van der Waals surface area (Å²) in [5, 5.41) is 0.520. The van der Waals surface area contributed by atoms with Crippen molar-refractivity contribution in [2.75, 3.05) is 11.4 Å². The van der Waals surface area contributed by atoms with E-state index in [0.29, 0.717) is 17.5 Å². The molecule has 0 radical (unpaired) electrons. The molecule has 1 aliphatic rings. The quantitative estimate of drug-likeness (QED) is 0.772. The molecule has 1 saturated heterocycles. The minimum atomic E-state index is 0.212. The van der Waals surface area contributed by atoms with Gasteiger partial charge < -0.3 is 4.90 Å². The normalized spacial score (nSPS) is 14.9. The van der Waals surface area contributed by atoms with Gasteiger partial charge in [0.25, 0.3) is 0 Å². The molecule has 0 N–H and O–H groups in total. The summed E-state index contributed by atoms with van der Waals surface area (Å²) in [6.07, 6.45) is 3.42. The molecule has 0 spiro atoms. The first kappa shape index (κ1) is 15.0. The molecule has 3 rings (SSSR count). The second kappa shape index (κ2) is 6.09. The predicted octanol–water partition coefficient (Wildman–Crippen LogP) is 4.65. The van der Waals surface area contributed by atoms with E-state index in [2.05, 4.69) is 31.0 Å². The van der Waals surface area contributed by atoms with Crippen LogP contribution in [-0.2, 0) is 4.79 Å². The van der Waals surface area contributed by atoms with E-state index in [-0.39, 0.29) is 5.91 Å². The van der Waals surface area contributed by atoms with Gasteiger partial charge in [0.05, 0.1) is 0 Å². The number of aromatic nitrogens is 1. The Morgan fingerprint density at radius 2 is 1.95 bits per heavy atom. The minimum Gasteiger partial charge on any atom is -0.312 e. The van der Waals surface area contributed by atoms with Gasteiger partial charge in [0.1, 0.15) is 5.15 Å². The lowest BCUT2D eigenvalue weighted by atomic mass is 9.94. The van der Waals surface area contributed by atoms with E-state index in [1.54, 1.807) is 0 Å². The van der Waals surface area contributed by atoms with Crippen LogP contribution in [0.3, 0.4) is 0 Å². The number of carbonyl (C=O) groups excluding carboxylic acids is 1. The van der Waals surface area contributed by atoms with E-state index in [0.717, 1.165) is 29.8 Å². The van der Waals surface area contributed by atoms with Gasteiger partial charge in [0.2, 0.25) is 5.91 Å². The van der Waals surface area contributed by atoms with Gasteiger partial charge in [0, 0.05) is 30.4 Å². The molecule has 1 amide bonds. The second-order valence-corrected chi connectivity index (χ2v) is 6.33. The van der Waals surface area contributed by atoms with Gasteiger partial charge in [-0.15, -0.1) is 0 Å². The molecule has 1 aliphatic heterocycles. The highest BCUT2D eigenvalue weighted by Crippen LogP contribution is 2.32. The predicted molar refractivity (Wildman–Crippen MR) is 90.4 cm³/mol. The van der Waals surface area contributed by atoms with E-state index in [4.69, 9.17) is 11.6 Å². The SMILES string of the molecule is CC(C)c1cc(Cl)ncc1-c1ccc(N2CCCC2=O)cc1. The van der Waals surface area contributed by atoms with Gasteiger partial charge in [-0.2, -0.15) is 0 Å². The molecular formula is C18H19ClN2O. The van der Waals surface area contributed by atoms with Crippen molar-refractivity contribution in [3.05, 3.63) is 47.2 Å². The Hall–Kier alpha value is -1.87. The highest BCUT2D eigenvalue weighted by atomic mass is 35.5. The number of anilines is 1. The van der Waals surface area contributed by atoms with Gasteiger partial charge in [-0.1, -0.05) is 37.6 Å². The molecule has 0 saturated carbocycles. The monoisotopic (exact) mass is 314 g/mol. The van der Waals surface area contributed by atoms with Crippen molar-refractivity contribution >= 4 is 23.2 Å². The zero-order valence-electron chi connectivity index (χ0n) is 12.8. The largest absolute Gasteiger partial charge is 0.312 e. The highest BCUT2D eigenvalue weighted by Gasteiger charge is 2.21. The van der Waals surface area contributed by atoms with Crippen LogP contribution in [0.25, 0.3) is 11.1 Å². The lowest BCUT2D eigenvalue weighted by Gasteiger charge is -2.17. The van der Waals surface area contributed by atoms with Crippen LogP contribution in [0.5, 0.6) is 0 Å². The van der Waals surface area contributed by atoms with Gasteiger partial charge in [0.15, 0.2) is 0 Å². The average molecular weight is 315 g/mol. The van der Waals surface area contributed by atoms with Crippen molar-refractivity contribution in [3.8, 4) is 11.1 Å². The first-order valence-electron chi connectivity index (χ1n) is 7.62. The number of hydrogen-bond donors (Lipinski definition) is 0. The number of rotatable bonds is 3. The maximum absolute atomic E-state index is 11.8. The zero-order valence-corrected chi connectivity index (χ0v) is 13.6. The van der Waals surface area contributed by atoms with E-state index in [1.165, 1.54) is 5.56 Å². The number of hydrogen-bond acceptors (Lipinski definition) is 2. The molecule has 3 nitrogen and oxygen atoms in total. The maximum Gasteiger partial charge on any atom is 0.227 e. The molecule has 0 atom stereocenters. The van der Waals surface area contributed by atoms with Crippen LogP contribution in [-0.4, -0.2) is 17.4 Å². The molecule has 0 aliphatic carbocycles. The number of nitrogens with zero attached hydrogens (tertiary/aromatic N) is 2. The van der Waals surface area contributed by atoms with Crippen molar-refractivity contribution in [1.82, 2.24) is 4.98 Å². The Labute approximate surface area is 135 Å². The number of carbonyl (C=O) groups is 1. The van der Waals surface area contributed by atoms with E-state index >= 15 is 0 Å². The molecule has 0 bridgehead atoms. The second-order valence-electron chi connectivity index (χ2n) is 5.94. The van der Waals surface area contributed by atoms with Crippen LogP contribution in [0, 0.1) is 0 Å². The summed E-state index contributed by atoms with van der Waals surface area (Å²) in [7, 11) is 0. The summed E-state index contributed by atoms with van der Waals surface area (Å²) in [6, 6.07) is 10.1. The number of amides is 1. The van der Waals surface area contributed by atoms with E-state index in [1.807, 2.05) is 29.3 Å². The van der Waals surface area contributed by atoms with Crippen LogP contribution in [0.1, 0.15) is 38.2 Å². The number of pyridine rings is 1. The van der Waals surface area contributed by atoms with Crippen molar-refractivity contribution < 1.29 is 4.79 Å². The first-order chi connectivity index (χ1) is 10.6. The van der Waals surface area contributed by atoms with Gasteiger partial charge >= 0.3 is 0 Å². The molecule has 2 heterocycles. The summed E-state index contributed by atoms with van der Waals surface area (Å²) in [6.45, 7) is 5.11. The summed E-state index contributed by atoms with van der Waals surface area (Å²) in [4.78, 5) is 17.9. The highest BCUT2D eigenvalue weighted by molar-refractivity contribution is 6.29. The molecule has 2 aromatic rings. The van der Waals surface area contributed by atoms with Crippen LogP contribution in [0.15, 0.2) is 36.5 Å². The van der Waals surface area contributed by atoms with Crippen LogP contribution >= 0.6 is 11.6 Å². The minimum absolute atomic E-state index is 0.212. The molecule has 0 unspecified atom stereocenters. The number of benzene rings is 1. The van der Waals surface area contributed by atoms with Gasteiger partial charge in [-0.25, -0.2) is 4.98 Å². The molecule has 1 aromatic carbocycles. The third-order valence-corrected chi connectivity index (χ3v) is 4.29. The molecule has 114 valence electrons. The fraction of sp³-hybridized carbons (Fsp3) is 0.333. The third-order valence-electron chi connectivity index (χ3n) is 4.09. The van der Waals surface area contributed by atoms with Crippen molar-refractivity contribution in [3.63, 3.8) is 0 Å². The van der Waals surface area contributed by atoms with Crippen molar-refractivity contribution in [1.29, 1.82) is 0 Å². The zero-order chi connectivity index (χ0) is 15.7. The topological polar surface area (TPSA) is 33.2 Å². The van der Waals surface area contributed by atoms with E-state index < -0.39 is 0 Å². The van der Waals surface area contributed by atoms with Gasteiger partial charge in [-0.3, -0.25) is 4.79 Å². The molecule has 22 heavy (non-hydrogen) atoms. The molecular weight excluding hydrogens is 296 g/mol. The Morgan fingerprint density at radius 3 is 2.55 bits per heavy atom. The van der Waals surface area contributed by atoms with Crippen molar-refractivity contribution in [2.45, 2.75) is 32.6 Å². The van der Waals surface area contributed by atoms with Crippen LogP contribution in [0.2, 0.25) is 5.15 Å². The maximum atomic E-state index is 11.8. The van der Waals surface area contributed by atoms with Crippen LogP contribution < -0.4 is 4.90 Å². The van der Waals surface area contributed by atoms with Crippen molar-refractivity contribution in [2.24, 2.45) is 0 Å². The molecule has 1 aromatic heterocycles. The Bertz CT molecular complexity index is 695. The smallest absolute Gasteiger partial charge is 0.227 e. The average Bonchev–Trinajstić information content (AvgIpc) is 2.93. The fourth-order valence-corrected chi connectivity index (χ4v) is 3.07. The third kappa shape index (κ3) is 2.86. The lowest BCUT2D eigenvalue weighted by molar-refractivity contribution is -0.117. The Kier molecular flexibility index (Phi) is 4.16. The fourth-order valence-electron chi connectivity index (χ4n) is 2.91. The van der Waals surface area contributed by atoms with Gasteiger partial charge in [-0.05, 0) is 41.7 Å². The first-order valence-corrected chi connectivity index (χ1v) is 8.00. The standard InChI is InChI=1S/C18H19ClN2O/c1-12(2)15-10-17(19)20-11-16(15)13-5-7-14(8-6-13)21-9-3-4-18(21)22/h5-8,10-12H,3-4,9H2,1-2H3. The Balaban J connectivity index is 1.95. The molecule has 4 heteroatoms. The van der Waals surface area contributed by atoms with Crippen LogP contribution in [0.4, 0.5) is 5.69 Å². The number of halogens is 1.